The molecule has 0 saturated heterocycles. The molecule has 1 atom stereocenters. The Hall–Kier alpha value is -3.63. The molecule has 0 amide bonds. The fraction of sp³-hybridized carbons (Fsp3) is 0.429. The smallest absolute Gasteiger partial charge is 0.364 e. The number of hydrogen-bond donors (Lipinski definition) is 0. The van der Waals surface area contributed by atoms with Gasteiger partial charge in [0.15, 0.2) is 5.50 Å². The van der Waals surface area contributed by atoms with Crippen LogP contribution in [0.2, 0.25) is 0 Å². The van der Waals surface area contributed by atoms with Crippen LogP contribution in [0.25, 0.3) is 0 Å². The highest BCUT2D eigenvalue weighted by Gasteiger charge is 2.44. The van der Waals surface area contributed by atoms with Crippen molar-refractivity contribution in [2.45, 2.75) is 38.8 Å². The molecule has 34 heavy (non-hydrogen) atoms. The lowest BCUT2D eigenvalue weighted by atomic mass is 10.1. The van der Waals surface area contributed by atoms with E-state index in [1.54, 1.807) is 34.0 Å². The molecule has 12 nitrogen and oxygen atoms in total. The lowest BCUT2D eigenvalue weighted by molar-refractivity contribution is -0.421. The van der Waals surface area contributed by atoms with Crippen LogP contribution in [0.3, 0.4) is 0 Å². The summed E-state index contributed by atoms with van der Waals surface area (Å²) in [6.45, 7) is 6.54. The normalized spacial score (nSPS) is 15.9. The van der Waals surface area contributed by atoms with Gasteiger partial charge in [-0.25, -0.2) is 14.6 Å². The van der Waals surface area contributed by atoms with E-state index in [0.29, 0.717) is 0 Å². The lowest BCUT2D eigenvalue weighted by Gasteiger charge is -2.31. The minimum atomic E-state index is -1.00. The van der Waals surface area contributed by atoms with E-state index in [-0.39, 0.29) is 23.5 Å². The van der Waals surface area contributed by atoms with E-state index in [1.807, 2.05) is 6.07 Å². The molecular formula is C21H24N4O8S. The van der Waals surface area contributed by atoms with E-state index < -0.39 is 45.3 Å². The van der Waals surface area contributed by atoms with E-state index in [9.17, 15) is 25.0 Å². The van der Waals surface area contributed by atoms with Crippen LogP contribution in [0.1, 0.15) is 43.6 Å². The molecule has 1 aliphatic rings. The molecule has 0 saturated carbocycles. The topological polar surface area (TPSA) is 154 Å². The first-order chi connectivity index (χ1) is 16.0. The number of nitriles is 1. The number of esters is 2. The van der Waals surface area contributed by atoms with Crippen LogP contribution in [0.5, 0.6) is 5.75 Å². The number of rotatable bonds is 8. The van der Waals surface area contributed by atoms with Gasteiger partial charge >= 0.3 is 23.5 Å². The molecule has 0 bridgehead atoms. The van der Waals surface area contributed by atoms with Gasteiger partial charge in [0.1, 0.15) is 17.4 Å². The molecule has 1 aromatic carbocycles. The molecule has 1 aromatic rings. The number of hydroxylamine groups is 2. The van der Waals surface area contributed by atoms with Gasteiger partial charge in [-0.2, -0.15) is 10.3 Å². The quantitative estimate of drug-likeness (QED) is 0.299. The monoisotopic (exact) mass is 492 g/mol. The zero-order chi connectivity index (χ0) is 25.6. The van der Waals surface area contributed by atoms with Crippen molar-refractivity contribution in [3.8, 4) is 11.8 Å². The fourth-order valence-corrected chi connectivity index (χ4v) is 3.34. The minimum absolute atomic E-state index is 0.0214. The molecule has 13 heteroatoms. The predicted molar refractivity (Wildman–Crippen MR) is 121 cm³/mol. The highest BCUT2D eigenvalue weighted by Crippen LogP contribution is 2.31. The van der Waals surface area contributed by atoms with Crippen LogP contribution in [0, 0.1) is 21.4 Å². The zero-order valence-corrected chi connectivity index (χ0v) is 20.3. The van der Waals surface area contributed by atoms with Crippen molar-refractivity contribution in [3.05, 3.63) is 51.0 Å². The van der Waals surface area contributed by atoms with E-state index in [4.69, 9.17) is 19.0 Å². The van der Waals surface area contributed by atoms with Gasteiger partial charge < -0.3 is 14.2 Å². The second-order valence-corrected chi connectivity index (χ2v) is 8.50. The number of benzene rings is 1. The summed E-state index contributed by atoms with van der Waals surface area (Å²) < 4.78 is 16.0. The highest BCUT2D eigenvalue weighted by atomic mass is 32.2. The number of hydrogen-bond acceptors (Lipinski definition) is 12. The predicted octanol–water partition coefficient (Wildman–Crippen LogP) is 2.87. The van der Waals surface area contributed by atoms with Crippen molar-refractivity contribution in [2.75, 3.05) is 20.0 Å². The average Bonchev–Trinajstić information content (AvgIpc) is 2.76. The number of carbonyl (C=O) groups excluding carboxylic acids is 2. The van der Waals surface area contributed by atoms with Crippen molar-refractivity contribution in [3.63, 3.8) is 0 Å². The molecule has 0 fully saturated rings. The van der Waals surface area contributed by atoms with Crippen LogP contribution < -0.4 is 4.74 Å². The van der Waals surface area contributed by atoms with Gasteiger partial charge in [-0.1, -0.05) is 0 Å². The standard InChI is InChI=1S/C21H24N4O8S/c1-7-31-19(27)15-16(25(28)29)17(24(30-5)20(23-15)34-6)32-13-9-8-12(11-22)14(10-13)18(26)33-21(2,3)4/h8-10,20H,7H2,1-6H3. The summed E-state index contributed by atoms with van der Waals surface area (Å²) in [5, 5.41) is 22.3. The van der Waals surface area contributed by atoms with Crippen LogP contribution in [-0.2, 0) is 19.1 Å². The molecule has 0 aliphatic carbocycles. The van der Waals surface area contributed by atoms with Gasteiger partial charge in [0.2, 0.25) is 5.71 Å². The van der Waals surface area contributed by atoms with Crippen LogP contribution in [0.15, 0.2) is 34.8 Å². The summed E-state index contributed by atoms with van der Waals surface area (Å²) in [5.41, 5.74) is -3.14. The molecule has 0 N–H and O–H groups in total. The Morgan fingerprint density at radius 1 is 1.32 bits per heavy atom. The van der Waals surface area contributed by atoms with Crippen LogP contribution in [0.4, 0.5) is 0 Å². The van der Waals surface area contributed by atoms with Gasteiger partial charge in [0, 0.05) is 0 Å². The Labute approximate surface area is 200 Å². The molecule has 0 aromatic heterocycles. The second-order valence-electron chi connectivity index (χ2n) is 7.60. The maximum absolute atomic E-state index is 12.6. The van der Waals surface area contributed by atoms with Gasteiger partial charge in [0.05, 0.1) is 29.8 Å². The Bertz CT molecular complexity index is 1090. The molecule has 1 aliphatic heterocycles. The van der Waals surface area contributed by atoms with Gasteiger partial charge in [-0.15, -0.1) is 11.8 Å². The lowest BCUT2D eigenvalue weighted by Crippen LogP contribution is -2.42. The van der Waals surface area contributed by atoms with Crippen molar-refractivity contribution in [1.82, 2.24) is 5.06 Å². The average molecular weight is 493 g/mol. The first kappa shape index (κ1) is 26.6. The summed E-state index contributed by atoms with van der Waals surface area (Å²) >= 11 is 1.12. The van der Waals surface area contributed by atoms with Crippen LogP contribution in [-0.4, -0.2) is 58.7 Å². The van der Waals surface area contributed by atoms with Gasteiger partial charge in [0.25, 0.3) is 0 Å². The number of nitro groups is 1. The first-order valence-corrected chi connectivity index (χ1v) is 11.2. The van der Waals surface area contributed by atoms with E-state index in [0.717, 1.165) is 16.8 Å². The molecule has 182 valence electrons. The van der Waals surface area contributed by atoms with Crippen molar-refractivity contribution >= 4 is 29.4 Å². The summed E-state index contributed by atoms with van der Waals surface area (Å²) in [5.74, 6) is -2.27. The molecule has 0 radical (unpaired) electrons. The van der Waals surface area contributed by atoms with E-state index in [2.05, 4.69) is 4.99 Å². The van der Waals surface area contributed by atoms with Gasteiger partial charge in [-0.05, 0) is 52.1 Å². The summed E-state index contributed by atoms with van der Waals surface area (Å²) in [6.07, 6.45) is 1.65. The third-order valence-corrected chi connectivity index (χ3v) is 4.79. The third kappa shape index (κ3) is 6.03. The van der Waals surface area contributed by atoms with E-state index in [1.165, 1.54) is 25.3 Å². The van der Waals surface area contributed by atoms with Crippen molar-refractivity contribution in [2.24, 2.45) is 4.99 Å². The van der Waals surface area contributed by atoms with Crippen molar-refractivity contribution in [1.29, 1.82) is 5.26 Å². The number of aliphatic imine (C=N–C) groups is 1. The summed E-state index contributed by atoms with van der Waals surface area (Å²) in [6, 6.07) is 5.77. The third-order valence-electron chi connectivity index (χ3n) is 4.07. The second kappa shape index (κ2) is 11.0. The number of carbonyl (C=O) groups is 2. The Kier molecular flexibility index (Phi) is 8.61. The number of ether oxygens (including phenoxy) is 3. The summed E-state index contributed by atoms with van der Waals surface area (Å²) in [7, 11) is 1.25. The molecule has 1 unspecified atom stereocenters. The number of nitrogens with zero attached hydrogens (tertiary/aromatic N) is 4. The van der Waals surface area contributed by atoms with Crippen molar-refractivity contribution < 1.29 is 33.6 Å². The molecule has 0 spiro atoms. The Morgan fingerprint density at radius 2 is 2.00 bits per heavy atom. The summed E-state index contributed by atoms with van der Waals surface area (Å²) in [4.78, 5) is 45.5. The zero-order valence-electron chi connectivity index (χ0n) is 19.5. The first-order valence-electron chi connectivity index (χ1n) is 9.92. The van der Waals surface area contributed by atoms with Crippen LogP contribution >= 0.6 is 11.8 Å². The largest absolute Gasteiger partial charge is 0.461 e. The maximum Gasteiger partial charge on any atom is 0.364 e. The number of thioether (sulfide) groups is 1. The molecule has 2 rings (SSSR count). The van der Waals surface area contributed by atoms with Gasteiger partial charge in [-0.3, -0.25) is 15.0 Å². The molecule has 1 heterocycles. The molecular weight excluding hydrogens is 468 g/mol. The highest BCUT2D eigenvalue weighted by molar-refractivity contribution is 7.99. The SMILES string of the molecule is CCOC(=O)C1=NC(SC)N(OC)C(Oc2ccc(C#N)c(C(=O)OC(C)(C)C)c2)=C1[N+](=O)[O-]. The minimum Gasteiger partial charge on any atom is -0.461 e. The Balaban J connectivity index is 2.63. The Morgan fingerprint density at radius 3 is 2.50 bits per heavy atom. The maximum atomic E-state index is 12.6. The fourth-order valence-electron chi connectivity index (χ4n) is 2.76. The van der Waals surface area contributed by atoms with E-state index >= 15 is 0 Å².